The Kier molecular flexibility index (Phi) is 3.62. The largest absolute Gasteiger partial charge is 0.361 e. The second kappa shape index (κ2) is 5.92. The van der Waals surface area contributed by atoms with Gasteiger partial charge in [-0.3, -0.25) is 4.79 Å². The maximum atomic E-state index is 12.7. The molecule has 1 amide bonds. The Morgan fingerprint density at radius 1 is 1.04 bits per heavy atom. The van der Waals surface area contributed by atoms with Crippen LogP contribution in [0.4, 0.5) is 0 Å². The van der Waals surface area contributed by atoms with Gasteiger partial charge >= 0.3 is 0 Å². The van der Waals surface area contributed by atoms with Gasteiger partial charge < -0.3 is 9.88 Å². The molecule has 4 rings (SSSR count). The molecule has 0 unspecified atom stereocenters. The lowest BCUT2D eigenvalue weighted by Crippen LogP contribution is -2.33. The van der Waals surface area contributed by atoms with Gasteiger partial charge in [-0.25, -0.2) is 0 Å². The summed E-state index contributed by atoms with van der Waals surface area (Å²) in [7, 11) is 0. The Balaban J connectivity index is 1.52. The van der Waals surface area contributed by atoms with E-state index in [0.717, 1.165) is 23.9 Å². The first-order chi connectivity index (χ1) is 11.3. The first-order valence-corrected chi connectivity index (χ1v) is 8.19. The highest BCUT2D eigenvalue weighted by molar-refractivity contribution is 5.81. The Morgan fingerprint density at radius 2 is 1.87 bits per heavy atom. The summed E-state index contributed by atoms with van der Waals surface area (Å²) in [5.41, 5.74) is 3.43. The van der Waals surface area contributed by atoms with Gasteiger partial charge in [-0.05, 0) is 47.6 Å². The Labute approximate surface area is 135 Å². The van der Waals surface area contributed by atoms with E-state index in [4.69, 9.17) is 0 Å². The van der Waals surface area contributed by atoms with E-state index in [1.54, 1.807) is 0 Å². The summed E-state index contributed by atoms with van der Waals surface area (Å²) in [6.45, 7) is 0.706. The quantitative estimate of drug-likeness (QED) is 0.762. The Hall–Kier alpha value is -2.55. The van der Waals surface area contributed by atoms with Gasteiger partial charge in [0.25, 0.3) is 0 Å². The molecule has 1 aromatic heterocycles. The molecule has 1 N–H and O–H groups in total. The molecule has 0 aliphatic heterocycles. The Morgan fingerprint density at radius 3 is 2.65 bits per heavy atom. The number of nitrogens with zero attached hydrogens (tertiary/aromatic N) is 1. The third kappa shape index (κ3) is 3.14. The van der Waals surface area contributed by atoms with Gasteiger partial charge in [0.1, 0.15) is 0 Å². The predicted octanol–water partition coefficient (Wildman–Crippen LogP) is 3.90. The third-order valence-electron chi connectivity index (χ3n) is 4.48. The van der Waals surface area contributed by atoms with Crippen molar-refractivity contribution < 1.29 is 4.79 Å². The maximum Gasteiger partial charge on any atom is 0.227 e. The standard InChI is InChI=1S/C20H20N2O/c23-20(13-15-4-2-1-3-5-15)22(18-7-8-18)14-16-6-9-19-17(12-16)10-11-21-19/h1-6,9-12,18,21H,7-8,13-14H2. The SMILES string of the molecule is O=C(Cc1ccccc1)N(Cc1ccc2[nH]ccc2c1)C1CC1. The molecule has 23 heavy (non-hydrogen) atoms. The van der Waals surface area contributed by atoms with E-state index in [2.05, 4.69) is 34.1 Å². The van der Waals surface area contributed by atoms with Crippen molar-refractivity contribution in [2.24, 2.45) is 0 Å². The van der Waals surface area contributed by atoms with Gasteiger partial charge in [-0.15, -0.1) is 0 Å². The van der Waals surface area contributed by atoms with Crippen molar-refractivity contribution >= 4 is 16.8 Å². The molecule has 2 aromatic carbocycles. The smallest absolute Gasteiger partial charge is 0.227 e. The molecule has 3 aromatic rings. The zero-order valence-electron chi connectivity index (χ0n) is 13.0. The van der Waals surface area contributed by atoms with Gasteiger partial charge in [0, 0.05) is 24.3 Å². The number of amides is 1. The van der Waals surface area contributed by atoms with Crippen LogP contribution in [0.2, 0.25) is 0 Å². The molecule has 0 bridgehead atoms. The van der Waals surface area contributed by atoms with E-state index in [1.807, 2.05) is 36.5 Å². The Bertz CT molecular complexity index is 818. The zero-order chi connectivity index (χ0) is 15.6. The van der Waals surface area contributed by atoms with E-state index < -0.39 is 0 Å². The highest BCUT2D eigenvalue weighted by Gasteiger charge is 2.32. The van der Waals surface area contributed by atoms with Gasteiger partial charge in [-0.1, -0.05) is 36.4 Å². The number of hydrogen-bond donors (Lipinski definition) is 1. The molecule has 3 nitrogen and oxygen atoms in total. The van der Waals surface area contributed by atoms with Crippen LogP contribution in [0.1, 0.15) is 24.0 Å². The van der Waals surface area contributed by atoms with Crippen molar-refractivity contribution in [2.75, 3.05) is 0 Å². The summed E-state index contributed by atoms with van der Waals surface area (Å²) in [6, 6.07) is 18.9. The summed E-state index contributed by atoms with van der Waals surface area (Å²) in [5, 5.41) is 1.20. The van der Waals surface area contributed by atoms with Gasteiger partial charge in [0.15, 0.2) is 0 Å². The highest BCUT2D eigenvalue weighted by Crippen LogP contribution is 2.29. The lowest BCUT2D eigenvalue weighted by molar-refractivity contribution is -0.131. The fraction of sp³-hybridized carbons (Fsp3) is 0.250. The van der Waals surface area contributed by atoms with Crippen molar-refractivity contribution in [1.82, 2.24) is 9.88 Å². The second-order valence-corrected chi connectivity index (χ2v) is 6.31. The van der Waals surface area contributed by atoms with Crippen molar-refractivity contribution in [1.29, 1.82) is 0 Å². The van der Waals surface area contributed by atoms with Crippen LogP contribution in [0.3, 0.4) is 0 Å². The molecule has 1 aliphatic carbocycles. The zero-order valence-corrected chi connectivity index (χ0v) is 13.0. The first-order valence-electron chi connectivity index (χ1n) is 8.19. The number of hydrogen-bond acceptors (Lipinski definition) is 1. The van der Waals surface area contributed by atoms with E-state index >= 15 is 0 Å². The van der Waals surface area contributed by atoms with Gasteiger partial charge in [0.2, 0.25) is 5.91 Å². The average Bonchev–Trinajstić information content (AvgIpc) is 3.30. The minimum absolute atomic E-state index is 0.230. The van der Waals surface area contributed by atoms with E-state index in [-0.39, 0.29) is 5.91 Å². The fourth-order valence-electron chi connectivity index (χ4n) is 3.08. The van der Waals surface area contributed by atoms with E-state index in [0.29, 0.717) is 19.0 Å². The minimum atomic E-state index is 0.230. The molecule has 1 saturated carbocycles. The number of benzene rings is 2. The highest BCUT2D eigenvalue weighted by atomic mass is 16.2. The van der Waals surface area contributed by atoms with Crippen molar-refractivity contribution in [2.45, 2.75) is 31.8 Å². The molecule has 1 heterocycles. The number of carbonyl (C=O) groups excluding carboxylic acids is 1. The molecule has 0 saturated heterocycles. The van der Waals surface area contributed by atoms with Crippen LogP contribution >= 0.6 is 0 Å². The van der Waals surface area contributed by atoms with Gasteiger partial charge in [0.05, 0.1) is 6.42 Å². The number of nitrogens with one attached hydrogen (secondary N) is 1. The second-order valence-electron chi connectivity index (χ2n) is 6.31. The summed E-state index contributed by atoms with van der Waals surface area (Å²) in [5.74, 6) is 0.230. The molecular formula is C20H20N2O. The number of H-pyrrole nitrogens is 1. The number of fused-ring (bicyclic) bond motifs is 1. The number of aromatic amines is 1. The van der Waals surface area contributed by atoms with Crippen LogP contribution in [0, 0.1) is 0 Å². The van der Waals surface area contributed by atoms with Crippen LogP contribution in [-0.4, -0.2) is 21.8 Å². The molecule has 0 spiro atoms. The van der Waals surface area contributed by atoms with Crippen LogP contribution in [0.15, 0.2) is 60.8 Å². The average molecular weight is 304 g/mol. The van der Waals surface area contributed by atoms with E-state index in [9.17, 15) is 4.79 Å². The molecule has 1 fully saturated rings. The van der Waals surface area contributed by atoms with Crippen molar-refractivity contribution in [3.63, 3.8) is 0 Å². The monoisotopic (exact) mass is 304 g/mol. The van der Waals surface area contributed by atoms with Gasteiger partial charge in [-0.2, -0.15) is 0 Å². The lowest BCUT2D eigenvalue weighted by Gasteiger charge is -2.23. The predicted molar refractivity (Wildman–Crippen MR) is 92.0 cm³/mol. The van der Waals surface area contributed by atoms with E-state index in [1.165, 1.54) is 10.9 Å². The number of aromatic nitrogens is 1. The molecule has 116 valence electrons. The van der Waals surface area contributed by atoms with Crippen LogP contribution in [0.5, 0.6) is 0 Å². The fourth-order valence-corrected chi connectivity index (χ4v) is 3.08. The topological polar surface area (TPSA) is 36.1 Å². The maximum absolute atomic E-state index is 12.7. The lowest BCUT2D eigenvalue weighted by atomic mass is 10.1. The molecule has 0 atom stereocenters. The number of carbonyl (C=O) groups is 1. The summed E-state index contributed by atoms with van der Waals surface area (Å²) in [6.07, 6.45) is 4.71. The molecule has 3 heteroatoms. The number of rotatable bonds is 5. The molecule has 1 aliphatic rings. The van der Waals surface area contributed by atoms with Crippen LogP contribution in [-0.2, 0) is 17.8 Å². The molecule has 0 radical (unpaired) electrons. The van der Waals surface area contributed by atoms with Crippen molar-refractivity contribution in [3.8, 4) is 0 Å². The normalized spacial score (nSPS) is 14.1. The van der Waals surface area contributed by atoms with Crippen molar-refractivity contribution in [3.05, 3.63) is 71.9 Å². The first kappa shape index (κ1) is 14.1. The van der Waals surface area contributed by atoms with Crippen LogP contribution in [0.25, 0.3) is 10.9 Å². The van der Waals surface area contributed by atoms with Crippen LogP contribution < -0.4 is 0 Å². The molecular weight excluding hydrogens is 284 g/mol. The minimum Gasteiger partial charge on any atom is -0.361 e. The summed E-state index contributed by atoms with van der Waals surface area (Å²) >= 11 is 0. The third-order valence-corrected chi connectivity index (χ3v) is 4.48. The summed E-state index contributed by atoms with van der Waals surface area (Å²) in [4.78, 5) is 18.0. The summed E-state index contributed by atoms with van der Waals surface area (Å²) < 4.78 is 0.